The average Bonchev–Trinajstić information content (AvgIpc) is 2.20. The molecule has 14 heavy (non-hydrogen) atoms. The lowest BCUT2D eigenvalue weighted by Gasteiger charge is -2.21. The molecular formula is C10H18O4. The number of hydrogen-bond acceptors (Lipinski definition) is 4. The Morgan fingerprint density at radius 2 is 2.36 bits per heavy atom. The van der Waals surface area contributed by atoms with Crippen molar-refractivity contribution in [3.8, 4) is 0 Å². The van der Waals surface area contributed by atoms with E-state index in [1.165, 1.54) is 6.42 Å². The Morgan fingerprint density at radius 1 is 1.50 bits per heavy atom. The fraction of sp³-hybridized carbons (Fsp3) is 0.900. The van der Waals surface area contributed by atoms with E-state index in [1.807, 2.05) is 0 Å². The summed E-state index contributed by atoms with van der Waals surface area (Å²) < 4.78 is 15.4. The Morgan fingerprint density at radius 3 is 3.00 bits per heavy atom. The highest BCUT2D eigenvalue weighted by atomic mass is 16.6. The highest BCUT2D eigenvalue weighted by Crippen LogP contribution is 2.12. The molecule has 1 rings (SSSR count). The summed E-state index contributed by atoms with van der Waals surface area (Å²) in [6, 6.07) is 0. The first-order valence-corrected chi connectivity index (χ1v) is 5.18. The minimum absolute atomic E-state index is 0.0354. The molecule has 1 saturated heterocycles. The Labute approximate surface area is 84.5 Å². The molecule has 1 heterocycles. The van der Waals surface area contributed by atoms with Gasteiger partial charge in [0.15, 0.2) is 0 Å². The molecule has 0 amide bonds. The smallest absolute Gasteiger partial charge is 0.332 e. The van der Waals surface area contributed by atoms with Crippen LogP contribution in [0.5, 0.6) is 0 Å². The fourth-order valence-corrected chi connectivity index (χ4v) is 1.42. The summed E-state index contributed by atoms with van der Waals surface area (Å²) in [4.78, 5) is 10.9. The van der Waals surface area contributed by atoms with Gasteiger partial charge in [0, 0.05) is 6.61 Å². The number of ether oxygens (including phenoxy) is 3. The van der Waals surface area contributed by atoms with Gasteiger partial charge in [-0.1, -0.05) is 0 Å². The van der Waals surface area contributed by atoms with Gasteiger partial charge >= 0.3 is 5.97 Å². The second-order valence-corrected chi connectivity index (χ2v) is 3.31. The van der Waals surface area contributed by atoms with Gasteiger partial charge in [-0.2, -0.15) is 0 Å². The molecular weight excluding hydrogens is 184 g/mol. The molecule has 0 aromatic rings. The van der Waals surface area contributed by atoms with Crippen molar-refractivity contribution in [3.63, 3.8) is 0 Å². The Balaban J connectivity index is 1.99. The third-order valence-electron chi connectivity index (χ3n) is 2.10. The third-order valence-corrected chi connectivity index (χ3v) is 2.10. The molecule has 0 bridgehead atoms. The predicted molar refractivity (Wildman–Crippen MR) is 51.0 cm³/mol. The summed E-state index contributed by atoms with van der Waals surface area (Å²) in [7, 11) is 0. The molecule has 1 aliphatic rings. The summed E-state index contributed by atoms with van der Waals surface area (Å²) in [5.41, 5.74) is 0. The van der Waals surface area contributed by atoms with E-state index >= 15 is 0 Å². The quantitative estimate of drug-likeness (QED) is 0.627. The largest absolute Gasteiger partial charge is 0.464 e. The van der Waals surface area contributed by atoms with Crippen LogP contribution in [0.4, 0.5) is 0 Å². The van der Waals surface area contributed by atoms with Crippen molar-refractivity contribution in [1.29, 1.82) is 0 Å². The molecule has 1 unspecified atom stereocenters. The average molecular weight is 202 g/mol. The molecule has 0 aromatic carbocycles. The zero-order chi connectivity index (χ0) is 10.2. The summed E-state index contributed by atoms with van der Waals surface area (Å²) in [5, 5.41) is 0. The van der Waals surface area contributed by atoms with E-state index in [0.717, 1.165) is 19.4 Å². The van der Waals surface area contributed by atoms with Gasteiger partial charge in [-0.05, 0) is 26.2 Å². The number of carbonyl (C=O) groups is 1. The lowest BCUT2D eigenvalue weighted by molar-refractivity contribution is -0.150. The van der Waals surface area contributed by atoms with Crippen molar-refractivity contribution in [3.05, 3.63) is 0 Å². The summed E-state index contributed by atoms with van der Waals surface area (Å²) >= 11 is 0. The number of rotatable bonds is 5. The maximum atomic E-state index is 10.9. The maximum Gasteiger partial charge on any atom is 0.332 e. The highest BCUT2D eigenvalue weighted by Gasteiger charge is 2.14. The van der Waals surface area contributed by atoms with Gasteiger partial charge in [0.1, 0.15) is 6.61 Å². The first-order valence-electron chi connectivity index (χ1n) is 5.18. The molecule has 82 valence electrons. The first kappa shape index (κ1) is 11.5. The monoisotopic (exact) mass is 202 g/mol. The van der Waals surface area contributed by atoms with E-state index < -0.39 is 0 Å². The van der Waals surface area contributed by atoms with Crippen molar-refractivity contribution >= 4 is 5.97 Å². The zero-order valence-electron chi connectivity index (χ0n) is 8.66. The van der Waals surface area contributed by atoms with Crippen LogP contribution in [0.1, 0.15) is 26.2 Å². The van der Waals surface area contributed by atoms with E-state index in [1.54, 1.807) is 6.92 Å². The summed E-state index contributed by atoms with van der Waals surface area (Å²) in [5.74, 6) is -0.302. The number of esters is 1. The first-order chi connectivity index (χ1) is 6.83. The van der Waals surface area contributed by atoms with E-state index in [4.69, 9.17) is 14.2 Å². The molecule has 4 nitrogen and oxygen atoms in total. The minimum atomic E-state index is -0.302. The fourth-order valence-electron chi connectivity index (χ4n) is 1.42. The van der Waals surface area contributed by atoms with Crippen LogP contribution in [0.25, 0.3) is 0 Å². The van der Waals surface area contributed by atoms with Crippen LogP contribution in [-0.2, 0) is 19.0 Å². The molecule has 4 heteroatoms. The Bertz CT molecular complexity index is 164. The third kappa shape index (κ3) is 4.58. The van der Waals surface area contributed by atoms with Gasteiger partial charge in [-0.25, -0.2) is 4.79 Å². The van der Waals surface area contributed by atoms with Crippen molar-refractivity contribution < 1.29 is 19.0 Å². The molecule has 0 aliphatic carbocycles. The molecule has 0 radical (unpaired) electrons. The molecule has 0 saturated carbocycles. The Hall–Kier alpha value is -0.610. The van der Waals surface area contributed by atoms with Gasteiger partial charge in [-0.15, -0.1) is 0 Å². The van der Waals surface area contributed by atoms with Crippen LogP contribution in [0, 0.1) is 0 Å². The van der Waals surface area contributed by atoms with E-state index in [9.17, 15) is 4.79 Å². The molecule has 0 aromatic heterocycles. The molecule has 1 aliphatic heterocycles. The van der Waals surface area contributed by atoms with Gasteiger partial charge in [0.25, 0.3) is 0 Å². The van der Waals surface area contributed by atoms with Crippen molar-refractivity contribution in [2.75, 3.05) is 26.4 Å². The number of hydrogen-bond donors (Lipinski definition) is 0. The van der Waals surface area contributed by atoms with E-state index in [-0.39, 0.29) is 18.7 Å². The molecule has 0 N–H and O–H groups in total. The van der Waals surface area contributed by atoms with Crippen molar-refractivity contribution in [1.82, 2.24) is 0 Å². The van der Waals surface area contributed by atoms with Crippen LogP contribution >= 0.6 is 0 Å². The summed E-state index contributed by atoms with van der Waals surface area (Å²) in [6.45, 7) is 3.53. The zero-order valence-corrected chi connectivity index (χ0v) is 8.66. The van der Waals surface area contributed by atoms with Crippen LogP contribution in [0.15, 0.2) is 0 Å². The maximum absolute atomic E-state index is 10.9. The van der Waals surface area contributed by atoms with Crippen molar-refractivity contribution in [2.24, 2.45) is 0 Å². The second kappa shape index (κ2) is 6.79. The van der Waals surface area contributed by atoms with Crippen LogP contribution < -0.4 is 0 Å². The SMILES string of the molecule is CCOC(=O)COCC1CCCCO1. The number of carbonyl (C=O) groups excluding carboxylic acids is 1. The van der Waals surface area contributed by atoms with E-state index in [0.29, 0.717) is 13.2 Å². The van der Waals surface area contributed by atoms with Crippen LogP contribution in [0.3, 0.4) is 0 Å². The van der Waals surface area contributed by atoms with Gasteiger partial charge in [0.2, 0.25) is 0 Å². The molecule has 1 fully saturated rings. The Kier molecular flexibility index (Phi) is 5.56. The normalized spacial score (nSPS) is 21.9. The predicted octanol–water partition coefficient (Wildman–Crippen LogP) is 1.14. The topological polar surface area (TPSA) is 44.8 Å². The van der Waals surface area contributed by atoms with Crippen LogP contribution in [0.2, 0.25) is 0 Å². The second-order valence-electron chi connectivity index (χ2n) is 3.31. The molecule has 0 spiro atoms. The highest BCUT2D eigenvalue weighted by molar-refractivity contribution is 5.70. The van der Waals surface area contributed by atoms with Crippen LogP contribution in [-0.4, -0.2) is 38.5 Å². The minimum Gasteiger partial charge on any atom is -0.464 e. The van der Waals surface area contributed by atoms with Gasteiger partial charge in [0.05, 0.1) is 19.3 Å². The lowest BCUT2D eigenvalue weighted by atomic mass is 10.1. The van der Waals surface area contributed by atoms with Gasteiger partial charge in [-0.3, -0.25) is 0 Å². The molecule has 1 atom stereocenters. The lowest BCUT2D eigenvalue weighted by Crippen LogP contribution is -2.26. The van der Waals surface area contributed by atoms with Crippen molar-refractivity contribution in [2.45, 2.75) is 32.3 Å². The summed E-state index contributed by atoms with van der Waals surface area (Å²) in [6.07, 6.45) is 3.52. The van der Waals surface area contributed by atoms with Gasteiger partial charge < -0.3 is 14.2 Å². The van der Waals surface area contributed by atoms with E-state index in [2.05, 4.69) is 0 Å². The standard InChI is InChI=1S/C10H18O4/c1-2-13-10(11)8-12-7-9-5-3-4-6-14-9/h9H,2-8H2,1H3.